The van der Waals surface area contributed by atoms with Crippen molar-refractivity contribution in [3.8, 4) is 5.75 Å². The number of benzene rings is 1. The Hall–Kier alpha value is -3.06. The number of carbonyl (C=O) groups is 2. The summed E-state index contributed by atoms with van der Waals surface area (Å²) in [5.41, 5.74) is 3.77. The van der Waals surface area contributed by atoms with Crippen molar-refractivity contribution in [2.75, 3.05) is 17.2 Å². The van der Waals surface area contributed by atoms with Crippen molar-refractivity contribution < 1.29 is 14.3 Å². The summed E-state index contributed by atoms with van der Waals surface area (Å²) in [5, 5.41) is 7.70. The third kappa shape index (κ3) is 3.46. The number of rotatable bonds is 4. The summed E-state index contributed by atoms with van der Waals surface area (Å²) in [6.07, 6.45) is 0. The number of aryl methyl sites for hydroxylation is 1. The first-order valence-corrected chi connectivity index (χ1v) is 9.46. The predicted octanol–water partition coefficient (Wildman–Crippen LogP) is 3.80. The minimum Gasteiger partial charge on any atom is -0.482 e. The third-order valence-electron chi connectivity index (χ3n) is 4.58. The monoisotopic (exact) mass is 381 g/mol. The summed E-state index contributed by atoms with van der Waals surface area (Å²) in [6, 6.07) is 11.2. The second-order valence-electron chi connectivity index (χ2n) is 6.45. The summed E-state index contributed by atoms with van der Waals surface area (Å²) < 4.78 is 7.48. The first kappa shape index (κ1) is 17.4. The van der Waals surface area contributed by atoms with E-state index in [1.807, 2.05) is 26.0 Å². The average molecular weight is 381 g/mol. The van der Waals surface area contributed by atoms with Gasteiger partial charge < -0.3 is 19.9 Å². The number of hydrogen-bond donors (Lipinski definition) is 2. The summed E-state index contributed by atoms with van der Waals surface area (Å²) >= 11 is 1.70. The third-order valence-corrected chi connectivity index (χ3v) is 5.44. The zero-order chi connectivity index (χ0) is 19.0. The number of amides is 2. The molecular formula is C20H19N3O3S. The smallest absolute Gasteiger partial charge is 0.262 e. The zero-order valence-corrected chi connectivity index (χ0v) is 15.9. The molecule has 2 aromatic heterocycles. The fourth-order valence-corrected chi connectivity index (χ4v) is 3.88. The highest BCUT2D eigenvalue weighted by Gasteiger charge is 2.19. The molecule has 0 saturated carbocycles. The lowest BCUT2D eigenvalue weighted by Gasteiger charge is -2.18. The van der Waals surface area contributed by atoms with E-state index >= 15 is 0 Å². The van der Waals surface area contributed by atoms with Crippen LogP contribution in [0, 0.1) is 13.8 Å². The molecule has 0 fully saturated rings. The molecule has 3 heterocycles. The molecule has 0 radical (unpaired) electrons. The molecule has 0 bridgehead atoms. The van der Waals surface area contributed by atoms with Gasteiger partial charge in [-0.05, 0) is 49.6 Å². The van der Waals surface area contributed by atoms with E-state index in [-0.39, 0.29) is 18.4 Å². The summed E-state index contributed by atoms with van der Waals surface area (Å²) in [4.78, 5) is 25.5. The van der Waals surface area contributed by atoms with Gasteiger partial charge in [0.05, 0.1) is 17.8 Å². The molecular weight excluding hydrogens is 362 g/mol. The number of nitrogens with one attached hydrogen (secondary N) is 2. The quantitative estimate of drug-likeness (QED) is 0.722. The molecule has 0 unspecified atom stereocenters. The Balaban J connectivity index is 1.55. The molecule has 7 heteroatoms. The van der Waals surface area contributed by atoms with Crippen molar-refractivity contribution in [3.63, 3.8) is 0 Å². The standard InChI is InChI=1S/C20H19N3O3S/c1-12-8-16(13(2)23(12)10-15-4-3-7-27-15)20(25)21-14-5-6-18-17(9-14)22-19(24)11-26-18/h3-9H,10-11H2,1-2H3,(H,21,25)(H,22,24). The topological polar surface area (TPSA) is 72.4 Å². The fraction of sp³-hybridized carbons (Fsp3) is 0.200. The van der Waals surface area contributed by atoms with Crippen molar-refractivity contribution in [2.24, 2.45) is 0 Å². The number of ether oxygens (including phenoxy) is 1. The lowest BCUT2D eigenvalue weighted by molar-refractivity contribution is -0.118. The molecule has 1 aliphatic rings. The van der Waals surface area contributed by atoms with Gasteiger partial charge >= 0.3 is 0 Å². The Morgan fingerprint density at radius 2 is 2.15 bits per heavy atom. The van der Waals surface area contributed by atoms with Crippen molar-refractivity contribution >= 4 is 34.5 Å². The summed E-state index contributed by atoms with van der Waals surface area (Å²) in [7, 11) is 0. The number of hydrogen-bond acceptors (Lipinski definition) is 4. The van der Waals surface area contributed by atoms with Gasteiger partial charge in [0.1, 0.15) is 5.75 Å². The molecule has 27 heavy (non-hydrogen) atoms. The Labute approximate surface area is 160 Å². The maximum Gasteiger partial charge on any atom is 0.262 e. The van der Waals surface area contributed by atoms with Crippen LogP contribution in [0.5, 0.6) is 5.75 Å². The molecule has 6 nitrogen and oxygen atoms in total. The molecule has 1 aromatic carbocycles. The second kappa shape index (κ2) is 6.92. The van der Waals surface area contributed by atoms with Crippen LogP contribution in [0.2, 0.25) is 0 Å². The first-order chi connectivity index (χ1) is 13.0. The van der Waals surface area contributed by atoms with Crippen LogP contribution in [-0.2, 0) is 11.3 Å². The minimum absolute atomic E-state index is 0.00886. The fourth-order valence-electron chi connectivity index (χ4n) is 3.19. The van der Waals surface area contributed by atoms with Crippen LogP contribution in [0.1, 0.15) is 26.6 Å². The second-order valence-corrected chi connectivity index (χ2v) is 7.48. The van der Waals surface area contributed by atoms with Gasteiger partial charge in [-0.15, -0.1) is 11.3 Å². The van der Waals surface area contributed by atoms with E-state index in [2.05, 4.69) is 26.6 Å². The molecule has 1 aliphatic heterocycles. The predicted molar refractivity (Wildman–Crippen MR) is 106 cm³/mol. The SMILES string of the molecule is Cc1cc(C(=O)Nc2ccc3c(c2)NC(=O)CO3)c(C)n1Cc1cccs1. The van der Waals surface area contributed by atoms with E-state index in [1.54, 1.807) is 29.5 Å². The molecule has 0 aliphatic carbocycles. The largest absolute Gasteiger partial charge is 0.482 e. The van der Waals surface area contributed by atoms with E-state index < -0.39 is 0 Å². The van der Waals surface area contributed by atoms with Crippen LogP contribution < -0.4 is 15.4 Å². The average Bonchev–Trinajstić information content (AvgIpc) is 3.25. The van der Waals surface area contributed by atoms with E-state index in [1.165, 1.54) is 4.88 Å². The summed E-state index contributed by atoms with van der Waals surface area (Å²) in [6.45, 7) is 4.72. The highest BCUT2D eigenvalue weighted by molar-refractivity contribution is 7.09. The van der Waals surface area contributed by atoms with Crippen LogP contribution in [0.3, 0.4) is 0 Å². The number of fused-ring (bicyclic) bond motifs is 1. The zero-order valence-electron chi connectivity index (χ0n) is 15.0. The maximum absolute atomic E-state index is 12.8. The number of thiophene rings is 1. The van der Waals surface area contributed by atoms with E-state index in [0.717, 1.165) is 17.9 Å². The van der Waals surface area contributed by atoms with Crippen molar-refractivity contribution in [3.05, 3.63) is 63.6 Å². The van der Waals surface area contributed by atoms with Gasteiger partial charge in [-0.25, -0.2) is 0 Å². The van der Waals surface area contributed by atoms with Crippen molar-refractivity contribution in [1.29, 1.82) is 0 Å². The number of aromatic nitrogens is 1. The van der Waals surface area contributed by atoms with Crippen LogP contribution in [0.4, 0.5) is 11.4 Å². The Morgan fingerprint density at radius 1 is 1.30 bits per heavy atom. The maximum atomic E-state index is 12.8. The Morgan fingerprint density at radius 3 is 2.93 bits per heavy atom. The molecule has 2 amide bonds. The highest BCUT2D eigenvalue weighted by atomic mass is 32.1. The number of carbonyl (C=O) groups excluding carboxylic acids is 2. The van der Waals surface area contributed by atoms with Crippen LogP contribution >= 0.6 is 11.3 Å². The molecule has 138 valence electrons. The van der Waals surface area contributed by atoms with Gasteiger partial charge in [0, 0.05) is 22.0 Å². The van der Waals surface area contributed by atoms with E-state index in [9.17, 15) is 9.59 Å². The van der Waals surface area contributed by atoms with Gasteiger partial charge in [-0.2, -0.15) is 0 Å². The lowest BCUT2D eigenvalue weighted by Crippen LogP contribution is -2.25. The summed E-state index contributed by atoms with van der Waals surface area (Å²) in [5.74, 6) is 0.216. The normalized spacial score (nSPS) is 12.9. The molecule has 0 spiro atoms. The van der Waals surface area contributed by atoms with Gasteiger partial charge in [-0.1, -0.05) is 6.07 Å². The highest BCUT2D eigenvalue weighted by Crippen LogP contribution is 2.31. The number of anilines is 2. The Bertz CT molecular complexity index is 1020. The van der Waals surface area contributed by atoms with Gasteiger partial charge in [0.2, 0.25) is 0 Å². The van der Waals surface area contributed by atoms with Crippen LogP contribution in [0.15, 0.2) is 41.8 Å². The molecule has 2 N–H and O–H groups in total. The minimum atomic E-state index is -0.205. The van der Waals surface area contributed by atoms with Crippen LogP contribution in [0.25, 0.3) is 0 Å². The lowest BCUT2D eigenvalue weighted by atomic mass is 10.2. The molecule has 0 saturated heterocycles. The molecule has 4 rings (SSSR count). The molecule has 0 atom stereocenters. The Kier molecular flexibility index (Phi) is 4.45. The van der Waals surface area contributed by atoms with Crippen molar-refractivity contribution in [1.82, 2.24) is 4.57 Å². The first-order valence-electron chi connectivity index (χ1n) is 8.58. The molecule has 3 aromatic rings. The van der Waals surface area contributed by atoms with Gasteiger partial charge in [0.25, 0.3) is 11.8 Å². The van der Waals surface area contributed by atoms with Crippen LogP contribution in [-0.4, -0.2) is 23.0 Å². The van der Waals surface area contributed by atoms with Gasteiger partial charge in [-0.3, -0.25) is 9.59 Å². The van der Waals surface area contributed by atoms with E-state index in [0.29, 0.717) is 22.7 Å². The van der Waals surface area contributed by atoms with Crippen molar-refractivity contribution in [2.45, 2.75) is 20.4 Å². The van der Waals surface area contributed by atoms with Gasteiger partial charge in [0.15, 0.2) is 6.61 Å². The van der Waals surface area contributed by atoms with E-state index in [4.69, 9.17) is 4.74 Å². The number of nitrogens with zero attached hydrogens (tertiary/aromatic N) is 1.